The van der Waals surface area contributed by atoms with Gasteiger partial charge < -0.3 is 0 Å². The number of rotatable bonds is 0. The minimum atomic E-state index is -0.413. The third-order valence-electron chi connectivity index (χ3n) is 2.27. The maximum absolute atomic E-state index is 11.7. The summed E-state index contributed by atoms with van der Waals surface area (Å²) < 4.78 is 2.33. The van der Waals surface area contributed by atoms with Crippen LogP contribution in [0.4, 0.5) is 0 Å². The summed E-state index contributed by atoms with van der Waals surface area (Å²) in [5.74, 6) is 0. The predicted octanol–water partition coefficient (Wildman–Crippen LogP) is -0.664. The average Bonchev–Trinajstić information content (AvgIpc) is 2.23. The van der Waals surface area contributed by atoms with Crippen LogP contribution in [-0.2, 0) is 14.1 Å². The number of hydrogen-bond donors (Lipinski definition) is 0. The van der Waals surface area contributed by atoms with Crippen molar-refractivity contribution in [3.05, 3.63) is 32.7 Å². The van der Waals surface area contributed by atoms with E-state index in [1.165, 1.54) is 17.8 Å². The van der Waals surface area contributed by atoms with Gasteiger partial charge in [-0.2, -0.15) is 0 Å². The number of aryl methyl sites for hydroxylation is 2. The molecule has 6 heteroatoms. The monoisotopic (exact) mass is 206 g/mol. The minimum Gasteiger partial charge on any atom is -0.279 e. The van der Waals surface area contributed by atoms with Gasteiger partial charge in [0.05, 0.1) is 11.9 Å². The Bertz CT molecular complexity index is 653. The first-order valence-electron chi connectivity index (χ1n) is 4.41. The van der Waals surface area contributed by atoms with Crippen LogP contribution in [0.5, 0.6) is 0 Å². The number of aromatic nitrogens is 4. The molecule has 0 aliphatic carbocycles. The summed E-state index contributed by atoms with van der Waals surface area (Å²) in [7, 11) is 2.99. The van der Waals surface area contributed by atoms with Gasteiger partial charge >= 0.3 is 5.69 Å². The SMILES string of the molecule is Cc1cnc2c(n1)c(=O)n(C)c(=O)n2C. The summed E-state index contributed by atoms with van der Waals surface area (Å²) in [6.45, 7) is 1.75. The average molecular weight is 206 g/mol. The molecule has 0 aromatic carbocycles. The van der Waals surface area contributed by atoms with Crippen LogP contribution < -0.4 is 11.2 Å². The Labute approximate surface area is 84.8 Å². The highest BCUT2D eigenvalue weighted by atomic mass is 16.2. The first kappa shape index (κ1) is 9.57. The second kappa shape index (κ2) is 3.01. The summed E-state index contributed by atoms with van der Waals surface area (Å²) in [4.78, 5) is 31.4. The lowest BCUT2D eigenvalue weighted by atomic mass is 10.4. The molecule has 78 valence electrons. The van der Waals surface area contributed by atoms with Crippen LogP contribution in [0.25, 0.3) is 11.2 Å². The van der Waals surface area contributed by atoms with E-state index in [4.69, 9.17) is 0 Å². The molecule has 0 aliphatic heterocycles. The van der Waals surface area contributed by atoms with Gasteiger partial charge in [0.25, 0.3) is 5.56 Å². The van der Waals surface area contributed by atoms with E-state index in [1.54, 1.807) is 14.0 Å². The van der Waals surface area contributed by atoms with Crippen molar-refractivity contribution in [2.24, 2.45) is 14.1 Å². The molecule has 0 amide bonds. The number of fused-ring (bicyclic) bond motifs is 1. The van der Waals surface area contributed by atoms with Gasteiger partial charge in [-0.15, -0.1) is 0 Å². The van der Waals surface area contributed by atoms with Crippen LogP contribution in [0.3, 0.4) is 0 Å². The maximum atomic E-state index is 11.7. The number of hydrogen-bond acceptors (Lipinski definition) is 4. The lowest BCUT2D eigenvalue weighted by Gasteiger charge is -2.05. The van der Waals surface area contributed by atoms with Gasteiger partial charge in [0.1, 0.15) is 0 Å². The molecule has 2 aromatic heterocycles. The largest absolute Gasteiger partial charge is 0.332 e. The third-order valence-corrected chi connectivity index (χ3v) is 2.27. The van der Waals surface area contributed by atoms with E-state index in [-0.39, 0.29) is 5.52 Å². The van der Waals surface area contributed by atoms with Crippen molar-refractivity contribution in [3.63, 3.8) is 0 Å². The molecule has 6 nitrogen and oxygen atoms in total. The molecular weight excluding hydrogens is 196 g/mol. The van der Waals surface area contributed by atoms with E-state index in [0.717, 1.165) is 4.57 Å². The minimum absolute atomic E-state index is 0.222. The quantitative estimate of drug-likeness (QED) is 0.573. The molecule has 0 atom stereocenters. The molecule has 0 unspecified atom stereocenters. The summed E-state index contributed by atoms with van der Waals surface area (Å²) in [6, 6.07) is 0. The number of nitrogens with zero attached hydrogens (tertiary/aromatic N) is 4. The van der Waals surface area contributed by atoms with E-state index in [9.17, 15) is 9.59 Å². The van der Waals surface area contributed by atoms with E-state index < -0.39 is 11.2 Å². The Morgan fingerprint density at radius 2 is 1.87 bits per heavy atom. The van der Waals surface area contributed by atoms with E-state index in [0.29, 0.717) is 11.3 Å². The smallest absolute Gasteiger partial charge is 0.279 e. The molecule has 0 radical (unpaired) electrons. The Hall–Kier alpha value is -1.98. The molecule has 0 N–H and O–H groups in total. The van der Waals surface area contributed by atoms with E-state index in [1.807, 2.05) is 0 Å². The Balaban J connectivity index is 3.15. The zero-order valence-electron chi connectivity index (χ0n) is 8.68. The van der Waals surface area contributed by atoms with Gasteiger partial charge in [-0.05, 0) is 6.92 Å². The fourth-order valence-electron chi connectivity index (χ4n) is 1.42. The summed E-state index contributed by atoms with van der Waals surface area (Å²) in [5, 5.41) is 0. The highest BCUT2D eigenvalue weighted by molar-refractivity contribution is 5.68. The van der Waals surface area contributed by atoms with Gasteiger partial charge in [-0.25, -0.2) is 14.8 Å². The molecule has 0 aliphatic rings. The van der Waals surface area contributed by atoms with Gasteiger partial charge in [0.15, 0.2) is 11.2 Å². The van der Waals surface area contributed by atoms with Gasteiger partial charge in [-0.3, -0.25) is 13.9 Å². The van der Waals surface area contributed by atoms with Crippen molar-refractivity contribution in [2.75, 3.05) is 0 Å². The molecule has 0 bridgehead atoms. The van der Waals surface area contributed by atoms with Crippen LogP contribution in [0, 0.1) is 6.92 Å². The third kappa shape index (κ3) is 1.25. The molecule has 15 heavy (non-hydrogen) atoms. The Morgan fingerprint density at radius 1 is 1.20 bits per heavy atom. The highest BCUT2D eigenvalue weighted by Gasteiger charge is 2.10. The van der Waals surface area contributed by atoms with Crippen molar-refractivity contribution in [1.29, 1.82) is 0 Å². The lowest BCUT2D eigenvalue weighted by Crippen LogP contribution is -2.37. The van der Waals surface area contributed by atoms with Gasteiger partial charge in [0.2, 0.25) is 0 Å². The van der Waals surface area contributed by atoms with E-state index >= 15 is 0 Å². The predicted molar refractivity (Wildman–Crippen MR) is 54.8 cm³/mol. The topological polar surface area (TPSA) is 69.8 Å². The molecule has 0 saturated carbocycles. The molecule has 0 spiro atoms. The molecule has 2 heterocycles. The highest BCUT2D eigenvalue weighted by Crippen LogP contribution is 2.00. The van der Waals surface area contributed by atoms with Crippen molar-refractivity contribution in [3.8, 4) is 0 Å². The molecule has 0 saturated heterocycles. The summed E-state index contributed by atoms with van der Waals surface area (Å²) in [5.41, 5.74) is 0.376. The van der Waals surface area contributed by atoms with Crippen molar-refractivity contribution >= 4 is 11.2 Å². The second-order valence-electron chi connectivity index (χ2n) is 3.39. The van der Waals surface area contributed by atoms with Crippen LogP contribution in [0.2, 0.25) is 0 Å². The zero-order valence-corrected chi connectivity index (χ0v) is 8.68. The Morgan fingerprint density at radius 3 is 2.53 bits per heavy atom. The van der Waals surface area contributed by atoms with Crippen molar-refractivity contribution in [1.82, 2.24) is 19.1 Å². The summed E-state index contributed by atoms with van der Waals surface area (Å²) in [6.07, 6.45) is 1.53. The second-order valence-corrected chi connectivity index (χ2v) is 3.39. The van der Waals surface area contributed by atoms with Crippen molar-refractivity contribution in [2.45, 2.75) is 6.92 Å². The van der Waals surface area contributed by atoms with E-state index in [2.05, 4.69) is 9.97 Å². The standard InChI is InChI=1S/C9H10N4O2/c1-5-4-10-7-6(11-5)8(14)13(3)9(15)12(7)2/h4H,1-3H3. The molecule has 2 aromatic rings. The Kier molecular flexibility index (Phi) is 1.92. The van der Waals surface area contributed by atoms with Crippen LogP contribution in [0.1, 0.15) is 5.69 Å². The molecular formula is C9H10N4O2. The zero-order chi connectivity index (χ0) is 11.2. The molecule has 2 rings (SSSR count). The van der Waals surface area contributed by atoms with Gasteiger partial charge in [0, 0.05) is 14.1 Å². The van der Waals surface area contributed by atoms with Crippen LogP contribution >= 0.6 is 0 Å². The van der Waals surface area contributed by atoms with Gasteiger partial charge in [-0.1, -0.05) is 0 Å². The normalized spacial score (nSPS) is 10.9. The lowest BCUT2D eigenvalue weighted by molar-refractivity contribution is 0.703. The first-order chi connectivity index (χ1) is 7.02. The van der Waals surface area contributed by atoms with Crippen LogP contribution in [-0.4, -0.2) is 19.1 Å². The first-order valence-corrected chi connectivity index (χ1v) is 4.41. The van der Waals surface area contributed by atoms with Crippen molar-refractivity contribution < 1.29 is 0 Å². The fourth-order valence-corrected chi connectivity index (χ4v) is 1.42. The fraction of sp³-hybridized carbons (Fsp3) is 0.333. The maximum Gasteiger partial charge on any atom is 0.332 e. The van der Waals surface area contributed by atoms with Crippen LogP contribution in [0.15, 0.2) is 15.8 Å². The molecule has 0 fully saturated rings. The summed E-state index contributed by atoms with van der Waals surface area (Å²) >= 11 is 0.